The number of halogens is 2. The SMILES string of the molecule is Cn1cc(NC(=O)c2ccc3cnc(N4CCNCC4)nn23)c(C(F)F)n1. The molecule has 1 aliphatic heterocycles. The summed E-state index contributed by atoms with van der Waals surface area (Å²) in [7, 11) is 1.52. The van der Waals surface area contributed by atoms with Gasteiger partial charge in [-0.2, -0.15) is 5.10 Å². The largest absolute Gasteiger partial charge is 0.337 e. The fourth-order valence-corrected chi connectivity index (χ4v) is 3.02. The van der Waals surface area contributed by atoms with E-state index in [1.807, 2.05) is 4.90 Å². The van der Waals surface area contributed by atoms with Gasteiger partial charge in [-0.1, -0.05) is 0 Å². The van der Waals surface area contributed by atoms with E-state index in [2.05, 4.69) is 25.8 Å². The molecule has 0 bridgehead atoms. The second kappa shape index (κ2) is 6.91. The van der Waals surface area contributed by atoms with Crippen LogP contribution in [0.15, 0.2) is 24.5 Å². The van der Waals surface area contributed by atoms with Crippen molar-refractivity contribution in [2.45, 2.75) is 6.43 Å². The molecule has 1 aliphatic rings. The number of hydrogen-bond donors (Lipinski definition) is 2. The molecule has 3 aromatic heterocycles. The van der Waals surface area contributed by atoms with Crippen molar-refractivity contribution in [2.24, 2.45) is 7.05 Å². The van der Waals surface area contributed by atoms with Gasteiger partial charge in [0.25, 0.3) is 12.3 Å². The molecule has 0 unspecified atom stereocenters. The normalized spacial score (nSPS) is 14.9. The number of nitrogens with zero attached hydrogens (tertiary/aromatic N) is 6. The highest BCUT2D eigenvalue weighted by Gasteiger charge is 2.22. The van der Waals surface area contributed by atoms with Gasteiger partial charge in [-0.3, -0.25) is 9.48 Å². The van der Waals surface area contributed by atoms with Gasteiger partial charge in [0.05, 0.1) is 17.4 Å². The molecule has 27 heavy (non-hydrogen) atoms. The van der Waals surface area contributed by atoms with Gasteiger partial charge in [-0.25, -0.2) is 18.3 Å². The summed E-state index contributed by atoms with van der Waals surface area (Å²) >= 11 is 0. The van der Waals surface area contributed by atoms with Gasteiger partial charge in [0.15, 0.2) is 5.69 Å². The van der Waals surface area contributed by atoms with Crippen molar-refractivity contribution in [3.63, 3.8) is 0 Å². The van der Waals surface area contributed by atoms with Crippen molar-refractivity contribution in [1.82, 2.24) is 29.7 Å². The topological polar surface area (TPSA) is 92.4 Å². The molecule has 4 heterocycles. The van der Waals surface area contributed by atoms with Crippen molar-refractivity contribution < 1.29 is 13.6 Å². The van der Waals surface area contributed by atoms with E-state index in [0.717, 1.165) is 26.2 Å². The Bertz CT molecular complexity index is 976. The van der Waals surface area contributed by atoms with Crippen LogP contribution in [-0.2, 0) is 7.05 Å². The first-order valence-corrected chi connectivity index (χ1v) is 8.46. The van der Waals surface area contributed by atoms with E-state index in [1.165, 1.54) is 22.4 Å². The molecule has 0 aliphatic carbocycles. The first-order chi connectivity index (χ1) is 13.0. The number of hydrogen-bond acceptors (Lipinski definition) is 6. The van der Waals surface area contributed by atoms with Crippen LogP contribution in [0.2, 0.25) is 0 Å². The predicted molar refractivity (Wildman–Crippen MR) is 94.2 cm³/mol. The number of aryl methyl sites for hydroxylation is 1. The molecule has 4 rings (SSSR count). The van der Waals surface area contributed by atoms with Crippen LogP contribution < -0.4 is 15.5 Å². The van der Waals surface area contributed by atoms with Crippen molar-refractivity contribution in [1.29, 1.82) is 0 Å². The van der Waals surface area contributed by atoms with E-state index in [1.54, 1.807) is 18.3 Å². The lowest BCUT2D eigenvalue weighted by Crippen LogP contribution is -2.44. The standard InChI is InChI=1S/C16H18F2N8O/c1-24-9-11(13(22-24)14(17)18)21-15(27)12-3-2-10-8-20-16(23-26(10)12)25-6-4-19-5-7-25/h2-3,8-9,14,19H,4-7H2,1H3,(H,21,27). The Kier molecular flexibility index (Phi) is 4.44. The third kappa shape index (κ3) is 3.33. The molecule has 0 radical (unpaired) electrons. The molecule has 2 N–H and O–H groups in total. The fourth-order valence-electron chi connectivity index (χ4n) is 3.02. The molecule has 1 fully saturated rings. The monoisotopic (exact) mass is 376 g/mol. The maximum Gasteiger partial charge on any atom is 0.284 e. The highest BCUT2D eigenvalue weighted by atomic mass is 19.3. The quantitative estimate of drug-likeness (QED) is 0.708. The molecule has 0 saturated carbocycles. The number of anilines is 2. The minimum atomic E-state index is -2.79. The Morgan fingerprint density at radius 2 is 2.04 bits per heavy atom. The van der Waals surface area contributed by atoms with E-state index >= 15 is 0 Å². The maximum absolute atomic E-state index is 13.1. The van der Waals surface area contributed by atoms with Gasteiger partial charge in [0.1, 0.15) is 5.69 Å². The number of fused-ring (bicyclic) bond motifs is 1. The zero-order valence-corrected chi connectivity index (χ0v) is 14.6. The summed E-state index contributed by atoms with van der Waals surface area (Å²) in [6, 6.07) is 3.28. The molecular weight excluding hydrogens is 358 g/mol. The molecule has 0 atom stereocenters. The van der Waals surface area contributed by atoms with Gasteiger partial charge in [0, 0.05) is 39.4 Å². The lowest BCUT2D eigenvalue weighted by molar-refractivity contribution is 0.101. The van der Waals surface area contributed by atoms with E-state index in [-0.39, 0.29) is 11.4 Å². The van der Waals surface area contributed by atoms with Gasteiger partial charge >= 0.3 is 0 Å². The number of piperazine rings is 1. The first-order valence-electron chi connectivity index (χ1n) is 8.46. The highest BCUT2D eigenvalue weighted by Crippen LogP contribution is 2.25. The fraction of sp³-hybridized carbons (Fsp3) is 0.375. The number of alkyl halides is 2. The van der Waals surface area contributed by atoms with Crippen molar-refractivity contribution in [2.75, 3.05) is 36.4 Å². The Morgan fingerprint density at radius 1 is 1.26 bits per heavy atom. The Hall–Kier alpha value is -3.08. The molecule has 1 saturated heterocycles. The number of amides is 1. The van der Waals surface area contributed by atoms with Crippen molar-refractivity contribution in [3.05, 3.63) is 35.9 Å². The Morgan fingerprint density at radius 3 is 2.78 bits per heavy atom. The molecule has 142 valence electrons. The lowest BCUT2D eigenvalue weighted by atomic mass is 10.3. The highest BCUT2D eigenvalue weighted by molar-refractivity contribution is 6.04. The van der Waals surface area contributed by atoms with Gasteiger partial charge in [0.2, 0.25) is 5.95 Å². The van der Waals surface area contributed by atoms with Crippen LogP contribution in [0.3, 0.4) is 0 Å². The van der Waals surface area contributed by atoms with Gasteiger partial charge in [-0.05, 0) is 12.1 Å². The zero-order chi connectivity index (χ0) is 19.0. The van der Waals surface area contributed by atoms with Crippen LogP contribution in [0.1, 0.15) is 22.6 Å². The molecule has 1 amide bonds. The second-order valence-electron chi connectivity index (χ2n) is 6.21. The van der Waals surface area contributed by atoms with Crippen LogP contribution in [0.5, 0.6) is 0 Å². The van der Waals surface area contributed by atoms with Crippen LogP contribution in [-0.4, -0.2) is 56.5 Å². The summed E-state index contributed by atoms with van der Waals surface area (Å²) in [5.74, 6) is -0.0289. The summed E-state index contributed by atoms with van der Waals surface area (Å²) in [6.45, 7) is 3.19. The van der Waals surface area contributed by atoms with Crippen LogP contribution in [0.4, 0.5) is 20.4 Å². The van der Waals surface area contributed by atoms with E-state index in [4.69, 9.17) is 0 Å². The average molecular weight is 376 g/mol. The van der Waals surface area contributed by atoms with Crippen LogP contribution in [0, 0.1) is 0 Å². The number of nitrogens with one attached hydrogen (secondary N) is 2. The first kappa shape index (κ1) is 17.3. The van der Waals surface area contributed by atoms with Gasteiger partial charge < -0.3 is 15.5 Å². The van der Waals surface area contributed by atoms with Crippen LogP contribution >= 0.6 is 0 Å². The van der Waals surface area contributed by atoms with Crippen molar-refractivity contribution in [3.8, 4) is 0 Å². The molecule has 9 nitrogen and oxygen atoms in total. The lowest BCUT2D eigenvalue weighted by Gasteiger charge is -2.27. The number of carbonyl (C=O) groups is 1. The summed E-state index contributed by atoms with van der Waals surface area (Å²) in [5.41, 5.74) is 0.374. The zero-order valence-electron chi connectivity index (χ0n) is 14.6. The van der Waals surface area contributed by atoms with E-state index < -0.39 is 18.0 Å². The number of aromatic nitrogens is 5. The number of rotatable bonds is 4. The summed E-state index contributed by atoms with van der Waals surface area (Å²) < 4.78 is 28.9. The molecular formula is C16H18F2N8O. The Balaban J connectivity index is 1.64. The number of carbonyl (C=O) groups excluding carboxylic acids is 1. The third-order valence-electron chi connectivity index (χ3n) is 4.33. The summed E-state index contributed by atoms with van der Waals surface area (Å²) in [5, 5.41) is 13.9. The molecule has 0 spiro atoms. The summed E-state index contributed by atoms with van der Waals surface area (Å²) in [6.07, 6.45) is 0.193. The molecule has 3 aromatic rings. The smallest absolute Gasteiger partial charge is 0.284 e. The predicted octanol–water partition coefficient (Wildman–Crippen LogP) is 1.06. The molecule has 11 heteroatoms. The minimum absolute atomic E-state index is 0.0242. The van der Waals surface area contributed by atoms with Gasteiger partial charge in [-0.15, -0.1) is 5.10 Å². The van der Waals surface area contributed by atoms with E-state index in [9.17, 15) is 13.6 Å². The van der Waals surface area contributed by atoms with Crippen LogP contribution in [0.25, 0.3) is 5.52 Å². The Labute approximate surface area is 153 Å². The van der Waals surface area contributed by atoms with Crippen molar-refractivity contribution >= 4 is 23.1 Å². The second-order valence-corrected chi connectivity index (χ2v) is 6.21. The maximum atomic E-state index is 13.1. The minimum Gasteiger partial charge on any atom is -0.337 e. The summed E-state index contributed by atoms with van der Waals surface area (Å²) in [4.78, 5) is 19.0. The third-order valence-corrected chi connectivity index (χ3v) is 4.33. The average Bonchev–Trinajstić information content (AvgIpc) is 3.25. The molecule has 0 aromatic carbocycles. The van der Waals surface area contributed by atoms with E-state index in [0.29, 0.717) is 11.5 Å².